The Morgan fingerprint density at radius 3 is 1.78 bits per heavy atom. The fourth-order valence-electron chi connectivity index (χ4n) is 5.31. The minimum Gasteiger partial charge on any atom is -0.502 e. The number of nitro groups is 1. The summed E-state index contributed by atoms with van der Waals surface area (Å²) in [5.74, 6) is -6.38. The lowest BCUT2D eigenvalue weighted by Crippen LogP contribution is -2.61. The van der Waals surface area contributed by atoms with Gasteiger partial charge in [0.25, 0.3) is 5.91 Å². The lowest BCUT2D eigenvalue weighted by molar-refractivity contribution is -0.385. The van der Waals surface area contributed by atoms with Gasteiger partial charge in [0.2, 0.25) is 29.5 Å². The van der Waals surface area contributed by atoms with Gasteiger partial charge in [-0.05, 0) is 55.4 Å². The third-order valence-electron chi connectivity index (χ3n) is 8.09. The van der Waals surface area contributed by atoms with Gasteiger partial charge < -0.3 is 53.4 Å². The maximum absolute atomic E-state index is 13.5. The van der Waals surface area contributed by atoms with Gasteiger partial charge in [-0.1, -0.05) is 45.9 Å². The quantitative estimate of drug-likeness (QED) is 0.0447. The minimum atomic E-state index is -1.65. The fraction of sp³-hybridized carbons (Fsp3) is 0.486. The van der Waals surface area contributed by atoms with Gasteiger partial charge in [0, 0.05) is 18.2 Å². The summed E-state index contributed by atoms with van der Waals surface area (Å²) in [6.07, 6.45) is -1.73. The molecule has 0 spiro atoms. The van der Waals surface area contributed by atoms with Crippen LogP contribution >= 0.6 is 0 Å². The second-order valence-electron chi connectivity index (χ2n) is 13.7. The zero-order valence-corrected chi connectivity index (χ0v) is 30.7. The van der Waals surface area contributed by atoms with Gasteiger partial charge in [-0.25, -0.2) is 0 Å². The number of nitrogens with zero attached hydrogens (tertiary/aromatic N) is 1. The SMILES string of the molecule is CC(C)C[C@H](NC(=O)[C@H](CO)NC(=O)c1ccccc1N)C(=O)N[C@H](C(=O)N[C@@H](CC(C)C)C(=O)N[C@@H](Cc1ccc(O)c([N+](=O)[O-])c1)C(N)=O)[C@@H](C)O. The first-order valence-corrected chi connectivity index (χ1v) is 17.2. The van der Waals surface area contributed by atoms with Gasteiger partial charge in [0.1, 0.15) is 30.2 Å². The first-order chi connectivity index (χ1) is 25.2. The Labute approximate surface area is 311 Å². The minimum absolute atomic E-state index is 0.0309. The lowest BCUT2D eigenvalue weighted by atomic mass is 9.99. The predicted molar refractivity (Wildman–Crippen MR) is 195 cm³/mol. The number of primary amides is 1. The highest BCUT2D eigenvalue weighted by Crippen LogP contribution is 2.27. The summed E-state index contributed by atoms with van der Waals surface area (Å²) < 4.78 is 0. The number of nitrogens with one attached hydrogen (secondary N) is 5. The number of aliphatic hydroxyl groups is 2. The van der Waals surface area contributed by atoms with Crippen LogP contribution in [0.5, 0.6) is 5.75 Å². The molecule has 0 saturated carbocycles. The number of hydrogen-bond donors (Lipinski definition) is 10. The summed E-state index contributed by atoms with van der Waals surface area (Å²) in [6, 6.07) is 2.32. The standard InChI is InChI=1S/C35H50N8O11/c1-17(2)12-24(32(49)38-23(30(37)47)14-20-10-11-28(46)27(15-20)43(53)54)40-35(52)29(19(5)45)42-33(50)25(13-18(3)4)39-34(51)26(16-44)41-31(48)21-8-6-7-9-22(21)36/h6-11,15,17-19,23-26,29,44-46H,12-14,16,36H2,1-5H3,(H2,37,47)(H,38,49)(H,39,51)(H,40,52)(H,41,48)(H,42,50)/t19-,23+,24+,25+,26+,29+/m1/s1. The second-order valence-corrected chi connectivity index (χ2v) is 13.7. The molecule has 0 unspecified atom stereocenters. The van der Waals surface area contributed by atoms with Gasteiger partial charge >= 0.3 is 5.69 Å². The van der Waals surface area contributed by atoms with E-state index < -0.39 is 94.7 Å². The smallest absolute Gasteiger partial charge is 0.310 e. The van der Waals surface area contributed by atoms with Crippen LogP contribution in [0.15, 0.2) is 42.5 Å². The third kappa shape index (κ3) is 13.3. The molecule has 296 valence electrons. The summed E-state index contributed by atoms with van der Waals surface area (Å²) in [5, 5.41) is 53.6. The maximum atomic E-state index is 13.5. The lowest BCUT2D eigenvalue weighted by Gasteiger charge is -2.29. The molecule has 19 nitrogen and oxygen atoms in total. The van der Waals surface area contributed by atoms with Crippen molar-refractivity contribution in [3.63, 3.8) is 0 Å². The van der Waals surface area contributed by atoms with Crippen molar-refractivity contribution in [3.8, 4) is 5.75 Å². The van der Waals surface area contributed by atoms with Crippen molar-refractivity contribution in [2.24, 2.45) is 17.6 Å². The van der Waals surface area contributed by atoms with E-state index in [1.807, 2.05) is 0 Å². The molecule has 0 heterocycles. The highest BCUT2D eigenvalue weighted by molar-refractivity contribution is 6.02. The van der Waals surface area contributed by atoms with Crippen molar-refractivity contribution < 1.29 is 49.0 Å². The highest BCUT2D eigenvalue weighted by Gasteiger charge is 2.35. The monoisotopic (exact) mass is 758 g/mol. The van der Waals surface area contributed by atoms with E-state index in [9.17, 15) is 54.2 Å². The molecular formula is C35H50N8O11. The van der Waals surface area contributed by atoms with Crippen LogP contribution in [0.2, 0.25) is 0 Å². The highest BCUT2D eigenvalue weighted by atomic mass is 16.6. The second kappa shape index (κ2) is 20.4. The zero-order valence-electron chi connectivity index (χ0n) is 30.7. The molecule has 6 amide bonds. The molecule has 0 aliphatic heterocycles. The number of aromatic hydroxyl groups is 1. The molecular weight excluding hydrogens is 708 g/mol. The van der Waals surface area contributed by atoms with Crippen molar-refractivity contribution in [1.29, 1.82) is 0 Å². The van der Waals surface area contributed by atoms with Crippen molar-refractivity contribution in [1.82, 2.24) is 26.6 Å². The van der Waals surface area contributed by atoms with E-state index in [4.69, 9.17) is 11.5 Å². The van der Waals surface area contributed by atoms with Crippen LogP contribution in [-0.4, -0.2) is 98.6 Å². The van der Waals surface area contributed by atoms with Crippen LogP contribution in [0.25, 0.3) is 0 Å². The first kappa shape index (κ1) is 44.3. The summed E-state index contributed by atoms with van der Waals surface area (Å²) >= 11 is 0. The molecule has 12 N–H and O–H groups in total. The summed E-state index contributed by atoms with van der Waals surface area (Å²) in [4.78, 5) is 89.2. The van der Waals surface area contributed by atoms with E-state index in [-0.39, 0.29) is 47.9 Å². The molecule has 2 rings (SSSR count). The van der Waals surface area contributed by atoms with E-state index in [0.717, 1.165) is 12.1 Å². The average Bonchev–Trinajstić information content (AvgIpc) is 3.08. The number of phenols is 1. The average molecular weight is 759 g/mol. The molecule has 0 aliphatic carbocycles. The Hall–Kier alpha value is -5.82. The van der Waals surface area contributed by atoms with Crippen LogP contribution in [0, 0.1) is 22.0 Å². The third-order valence-corrected chi connectivity index (χ3v) is 8.09. The number of carbonyl (C=O) groups is 6. The van der Waals surface area contributed by atoms with Crippen LogP contribution in [0.4, 0.5) is 11.4 Å². The molecule has 6 atom stereocenters. The number of hydrogen-bond acceptors (Lipinski definition) is 12. The van der Waals surface area contributed by atoms with Crippen molar-refractivity contribution in [3.05, 3.63) is 63.7 Å². The molecule has 0 bridgehead atoms. The Kier molecular flexibility index (Phi) is 16.8. The number of nitro benzene ring substituents is 1. The fourth-order valence-corrected chi connectivity index (χ4v) is 5.31. The van der Waals surface area contributed by atoms with Crippen molar-refractivity contribution in [2.75, 3.05) is 12.3 Å². The molecule has 0 aromatic heterocycles. The van der Waals surface area contributed by atoms with Crippen LogP contribution < -0.4 is 38.1 Å². The van der Waals surface area contributed by atoms with E-state index >= 15 is 0 Å². The molecule has 2 aromatic rings. The first-order valence-electron chi connectivity index (χ1n) is 17.2. The molecule has 0 fully saturated rings. The van der Waals surface area contributed by atoms with Gasteiger partial charge in [-0.15, -0.1) is 0 Å². The largest absolute Gasteiger partial charge is 0.502 e. The number of amides is 6. The molecule has 0 saturated heterocycles. The Balaban J connectivity index is 2.23. The van der Waals surface area contributed by atoms with E-state index in [2.05, 4.69) is 26.6 Å². The summed E-state index contributed by atoms with van der Waals surface area (Å²) in [5.41, 5.74) is 11.1. The number of aliphatic hydroxyl groups excluding tert-OH is 2. The van der Waals surface area contributed by atoms with E-state index in [1.54, 1.807) is 39.8 Å². The van der Waals surface area contributed by atoms with Crippen LogP contribution in [0.3, 0.4) is 0 Å². The van der Waals surface area contributed by atoms with Crippen molar-refractivity contribution in [2.45, 2.75) is 90.2 Å². The number of nitrogens with two attached hydrogens (primary N) is 2. The van der Waals surface area contributed by atoms with E-state index in [0.29, 0.717) is 0 Å². The van der Waals surface area contributed by atoms with Crippen molar-refractivity contribution >= 4 is 46.8 Å². The predicted octanol–water partition coefficient (Wildman–Crippen LogP) is -0.886. The number of rotatable bonds is 20. The maximum Gasteiger partial charge on any atom is 0.310 e. The Bertz CT molecular complexity index is 1680. The summed E-state index contributed by atoms with van der Waals surface area (Å²) in [6.45, 7) is 7.39. The van der Waals surface area contributed by atoms with Gasteiger partial charge in [0.15, 0.2) is 5.75 Å². The van der Waals surface area contributed by atoms with Crippen LogP contribution in [-0.2, 0) is 30.4 Å². The number of anilines is 1. The number of para-hydroxylation sites is 1. The number of phenolic OH excluding ortho intramolecular Hbond substituents is 1. The number of nitrogen functional groups attached to an aromatic ring is 1. The van der Waals surface area contributed by atoms with Crippen LogP contribution in [0.1, 0.15) is 63.4 Å². The normalized spacial score (nSPS) is 14.5. The summed E-state index contributed by atoms with van der Waals surface area (Å²) in [7, 11) is 0. The molecule has 19 heteroatoms. The number of carbonyl (C=O) groups excluding carboxylic acids is 6. The number of benzene rings is 2. The topological polar surface area (TPSA) is 318 Å². The zero-order chi connectivity index (χ0) is 40.9. The molecule has 0 radical (unpaired) electrons. The van der Waals surface area contributed by atoms with Gasteiger partial charge in [-0.2, -0.15) is 0 Å². The van der Waals surface area contributed by atoms with Gasteiger partial charge in [0.05, 0.1) is 23.2 Å². The Morgan fingerprint density at radius 1 is 0.759 bits per heavy atom. The molecule has 2 aromatic carbocycles. The van der Waals surface area contributed by atoms with E-state index in [1.165, 1.54) is 25.1 Å². The molecule has 54 heavy (non-hydrogen) atoms. The van der Waals surface area contributed by atoms with Gasteiger partial charge in [-0.3, -0.25) is 38.9 Å². The molecule has 0 aliphatic rings. The Morgan fingerprint density at radius 2 is 1.28 bits per heavy atom.